The second kappa shape index (κ2) is 3.77. The molecule has 1 amide bonds. The van der Waals surface area contributed by atoms with E-state index in [-0.39, 0.29) is 5.91 Å². The van der Waals surface area contributed by atoms with Crippen molar-refractivity contribution in [2.75, 3.05) is 12.8 Å². The highest BCUT2D eigenvalue weighted by Gasteiger charge is 2.06. The average molecular weight is 181 g/mol. The minimum Gasteiger partial charge on any atom is -0.495 e. The number of amides is 1. The third-order valence-electron chi connectivity index (χ3n) is 1.63. The van der Waals surface area contributed by atoms with Crippen molar-refractivity contribution in [1.82, 2.24) is 5.43 Å². The van der Waals surface area contributed by atoms with Crippen LogP contribution in [-0.2, 0) is 0 Å². The average Bonchev–Trinajstić information content (AvgIpc) is 2.17. The summed E-state index contributed by atoms with van der Waals surface area (Å²) in [4.78, 5) is 11.1. The molecule has 0 bridgehead atoms. The molecule has 0 aliphatic heterocycles. The lowest BCUT2D eigenvalue weighted by Gasteiger charge is -2.05. The molecule has 0 spiro atoms. The SMILES string of the molecule is COc1cc(C(=O)NN)ccc1N. The maximum Gasteiger partial charge on any atom is 0.265 e. The van der Waals surface area contributed by atoms with Gasteiger partial charge in [-0.15, -0.1) is 0 Å². The van der Waals surface area contributed by atoms with E-state index >= 15 is 0 Å². The molecule has 0 unspecified atom stereocenters. The summed E-state index contributed by atoms with van der Waals surface area (Å²) in [5.74, 6) is 5.04. The van der Waals surface area contributed by atoms with Crippen molar-refractivity contribution in [1.29, 1.82) is 0 Å². The molecule has 1 aromatic rings. The summed E-state index contributed by atoms with van der Waals surface area (Å²) in [6, 6.07) is 4.68. The van der Waals surface area contributed by atoms with E-state index < -0.39 is 0 Å². The van der Waals surface area contributed by atoms with Gasteiger partial charge in [-0.1, -0.05) is 0 Å². The van der Waals surface area contributed by atoms with Gasteiger partial charge in [-0.25, -0.2) is 5.84 Å². The molecule has 0 aliphatic rings. The van der Waals surface area contributed by atoms with Crippen LogP contribution in [0.1, 0.15) is 10.4 Å². The molecule has 0 radical (unpaired) electrons. The summed E-state index contributed by atoms with van der Waals surface area (Å²) < 4.78 is 4.93. The number of hydrogen-bond acceptors (Lipinski definition) is 4. The van der Waals surface area contributed by atoms with Crippen molar-refractivity contribution in [2.45, 2.75) is 0 Å². The predicted molar refractivity (Wildman–Crippen MR) is 49.1 cm³/mol. The summed E-state index contributed by atoms with van der Waals surface area (Å²) in [6.45, 7) is 0. The quantitative estimate of drug-likeness (QED) is 0.257. The first-order chi connectivity index (χ1) is 6.19. The molecule has 1 aromatic carbocycles. The first-order valence-electron chi connectivity index (χ1n) is 3.63. The molecule has 5 nitrogen and oxygen atoms in total. The minimum absolute atomic E-state index is 0.377. The Morgan fingerprint density at radius 1 is 1.54 bits per heavy atom. The van der Waals surface area contributed by atoms with E-state index in [4.69, 9.17) is 16.3 Å². The Morgan fingerprint density at radius 3 is 2.77 bits per heavy atom. The monoisotopic (exact) mass is 181 g/mol. The van der Waals surface area contributed by atoms with Crippen LogP contribution < -0.4 is 21.7 Å². The molecule has 5 N–H and O–H groups in total. The van der Waals surface area contributed by atoms with E-state index in [0.29, 0.717) is 17.0 Å². The zero-order valence-electron chi connectivity index (χ0n) is 7.20. The largest absolute Gasteiger partial charge is 0.495 e. The summed E-state index contributed by atoms with van der Waals surface area (Å²) in [7, 11) is 1.48. The van der Waals surface area contributed by atoms with Gasteiger partial charge < -0.3 is 10.5 Å². The van der Waals surface area contributed by atoms with Gasteiger partial charge >= 0.3 is 0 Å². The standard InChI is InChI=1S/C8H11N3O2/c1-13-7-4-5(8(12)11-10)2-3-6(7)9/h2-4H,9-10H2,1H3,(H,11,12). The normalized spacial score (nSPS) is 9.38. The Hall–Kier alpha value is -1.75. The first-order valence-corrected chi connectivity index (χ1v) is 3.63. The molecule has 5 heteroatoms. The lowest BCUT2D eigenvalue weighted by Crippen LogP contribution is -2.29. The fraction of sp³-hybridized carbons (Fsp3) is 0.125. The summed E-state index contributed by atoms with van der Waals surface area (Å²) in [5, 5.41) is 0. The van der Waals surface area contributed by atoms with Crippen molar-refractivity contribution < 1.29 is 9.53 Å². The van der Waals surface area contributed by atoms with E-state index in [9.17, 15) is 4.79 Å². The number of nitrogens with one attached hydrogen (secondary N) is 1. The highest BCUT2D eigenvalue weighted by Crippen LogP contribution is 2.21. The predicted octanol–water partition coefficient (Wildman–Crippen LogP) is -0.119. The third kappa shape index (κ3) is 1.88. The number of hydrazine groups is 1. The Morgan fingerprint density at radius 2 is 2.23 bits per heavy atom. The molecule has 0 fully saturated rings. The van der Waals surface area contributed by atoms with E-state index in [2.05, 4.69) is 0 Å². The molecular weight excluding hydrogens is 170 g/mol. The molecular formula is C8H11N3O2. The lowest BCUT2D eigenvalue weighted by molar-refractivity contribution is 0.0953. The van der Waals surface area contributed by atoms with Gasteiger partial charge in [-0.3, -0.25) is 10.2 Å². The van der Waals surface area contributed by atoms with Crippen LogP contribution in [0.2, 0.25) is 0 Å². The fourth-order valence-corrected chi connectivity index (χ4v) is 0.936. The van der Waals surface area contributed by atoms with Crippen molar-refractivity contribution in [2.24, 2.45) is 5.84 Å². The van der Waals surface area contributed by atoms with Gasteiger partial charge in [-0.2, -0.15) is 0 Å². The highest BCUT2D eigenvalue weighted by atomic mass is 16.5. The van der Waals surface area contributed by atoms with Gasteiger partial charge in [0.05, 0.1) is 12.8 Å². The Labute approximate surface area is 75.6 Å². The first kappa shape index (κ1) is 9.34. The Bertz CT molecular complexity index is 325. The number of nitrogens with two attached hydrogens (primary N) is 2. The van der Waals surface area contributed by atoms with Crippen LogP contribution in [0.5, 0.6) is 5.75 Å². The fourth-order valence-electron chi connectivity index (χ4n) is 0.936. The van der Waals surface area contributed by atoms with Crippen molar-refractivity contribution in [3.05, 3.63) is 23.8 Å². The molecule has 0 atom stereocenters. The van der Waals surface area contributed by atoms with Crippen LogP contribution >= 0.6 is 0 Å². The zero-order valence-corrected chi connectivity index (χ0v) is 7.20. The number of rotatable bonds is 2. The maximum absolute atomic E-state index is 11.1. The van der Waals surface area contributed by atoms with Crippen molar-refractivity contribution in [3.63, 3.8) is 0 Å². The van der Waals surface area contributed by atoms with Gasteiger partial charge in [0.25, 0.3) is 5.91 Å². The number of ether oxygens (including phenoxy) is 1. The lowest BCUT2D eigenvalue weighted by atomic mass is 10.2. The number of carbonyl (C=O) groups is 1. The molecule has 13 heavy (non-hydrogen) atoms. The molecule has 70 valence electrons. The van der Waals surface area contributed by atoms with Gasteiger partial charge in [0.15, 0.2) is 0 Å². The number of benzene rings is 1. The molecule has 0 saturated heterocycles. The molecule has 0 aromatic heterocycles. The van der Waals surface area contributed by atoms with Crippen LogP contribution in [0.25, 0.3) is 0 Å². The Balaban J connectivity index is 3.06. The van der Waals surface area contributed by atoms with Crippen LogP contribution in [0.4, 0.5) is 5.69 Å². The van der Waals surface area contributed by atoms with Crippen molar-refractivity contribution >= 4 is 11.6 Å². The van der Waals surface area contributed by atoms with Crippen LogP contribution in [0.15, 0.2) is 18.2 Å². The molecule has 0 heterocycles. The molecule has 0 aliphatic carbocycles. The zero-order chi connectivity index (χ0) is 9.84. The van der Waals surface area contributed by atoms with E-state index in [1.165, 1.54) is 13.2 Å². The summed E-state index contributed by atoms with van der Waals surface area (Å²) >= 11 is 0. The number of hydrogen-bond donors (Lipinski definition) is 3. The summed E-state index contributed by atoms with van der Waals surface area (Å²) in [6.07, 6.45) is 0. The number of methoxy groups -OCH3 is 1. The van der Waals surface area contributed by atoms with Gasteiger partial charge in [0.1, 0.15) is 5.75 Å². The van der Waals surface area contributed by atoms with Crippen molar-refractivity contribution in [3.8, 4) is 5.75 Å². The molecule has 1 rings (SSSR count). The highest BCUT2D eigenvalue weighted by molar-refractivity contribution is 5.94. The van der Waals surface area contributed by atoms with E-state index in [1.807, 2.05) is 5.43 Å². The van der Waals surface area contributed by atoms with E-state index in [0.717, 1.165) is 0 Å². The number of anilines is 1. The Kier molecular flexibility index (Phi) is 2.71. The number of nitrogen functional groups attached to an aromatic ring is 2. The minimum atomic E-state index is -0.377. The van der Waals surface area contributed by atoms with Crippen LogP contribution in [-0.4, -0.2) is 13.0 Å². The smallest absolute Gasteiger partial charge is 0.265 e. The maximum atomic E-state index is 11.1. The number of carbonyl (C=O) groups excluding carboxylic acids is 1. The third-order valence-corrected chi connectivity index (χ3v) is 1.63. The second-order valence-electron chi connectivity index (χ2n) is 2.43. The summed E-state index contributed by atoms with van der Waals surface area (Å²) in [5.41, 5.74) is 8.46. The molecule has 0 saturated carbocycles. The second-order valence-corrected chi connectivity index (χ2v) is 2.43. The van der Waals surface area contributed by atoms with Crippen LogP contribution in [0.3, 0.4) is 0 Å². The van der Waals surface area contributed by atoms with E-state index in [1.54, 1.807) is 12.1 Å². The van der Waals surface area contributed by atoms with Gasteiger partial charge in [0.2, 0.25) is 0 Å². The topological polar surface area (TPSA) is 90.4 Å². The van der Waals surface area contributed by atoms with Gasteiger partial charge in [-0.05, 0) is 18.2 Å². The van der Waals surface area contributed by atoms with Crippen LogP contribution in [0, 0.1) is 0 Å². The van der Waals surface area contributed by atoms with Gasteiger partial charge in [0, 0.05) is 5.56 Å².